The fourth-order valence-corrected chi connectivity index (χ4v) is 3.20. The second kappa shape index (κ2) is 5.29. The predicted molar refractivity (Wildman–Crippen MR) is 79.7 cm³/mol. The maximum Gasteiger partial charge on any atom is 0.177 e. The standard InChI is InChI=1S/C15H18N6/c1-2-4-14-13(3-1)12(9-16-14)10-21-7-5-11(6-8-21)15-17-19-20-18-15/h1-4,9,11,16H,5-8,10H2,(H,17,18,19,20). The van der Waals surface area contributed by atoms with Gasteiger partial charge in [-0.2, -0.15) is 5.21 Å². The molecule has 6 heteroatoms. The number of rotatable bonds is 3. The number of aromatic amines is 2. The number of nitrogens with zero attached hydrogens (tertiary/aromatic N) is 4. The number of hydrogen-bond acceptors (Lipinski definition) is 4. The molecular formula is C15H18N6. The molecule has 4 rings (SSSR count). The van der Waals surface area contributed by atoms with Crippen LogP contribution in [0.25, 0.3) is 10.9 Å². The topological polar surface area (TPSA) is 73.5 Å². The van der Waals surface area contributed by atoms with Gasteiger partial charge in [-0.3, -0.25) is 4.90 Å². The molecule has 1 fully saturated rings. The zero-order valence-corrected chi connectivity index (χ0v) is 11.8. The van der Waals surface area contributed by atoms with Crippen LogP contribution in [0.3, 0.4) is 0 Å². The molecule has 21 heavy (non-hydrogen) atoms. The van der Waals surface area contributed by atoms with Gasteiger partial charge >= 0.3 is 0 Å². The second-order valence-corrected chi connectivity index (χ2v) is 5.68. The number of fused-ring (bicyclic) bond motifs is 1. The summed E-state index contributed by atoms with van der Waals surface area (Å²) in [6.07, 6.45) is 4.33. The molecule has 0 bridgehead atoms. The molecule has 3 aromatic rings. The van der Waals surface area contributed by atoms with Crippen LogP contribution in [0.15, 0.2) is 30.5 Å². The Labute approximate surface area is 122 Å². The summed E-state index contributed by atoms with van der Waals surface area (Å²) in [4.78, 5) is 5.86. The first-order valence-electron chi connectivity index (χ1n) is 7.41. The van der Waals surface area contributed by atoms with Crippen molar-refractivity contribution in [2.24, 2.45) is 0 Å². The van der Waals surface area contributed by atoms with E-state index in [1.807, 2.05) is 0 Å². The Morgan fingerprint density at radius 2 is 2.05 bits per heavy atom. The Balaban J connectivity index is 1.43. The Morgan fingerprint density at radius 3 is 2.86 bits per heavy atom. The lowest BCUT2D eigenvalue weighted by molar-refractivity contribution is 0.202. The van der Waals surface area contributed by atoms with E-state index >= 15 is 0 Å². The molecule has 0 atom stereocenters. The number of H-pyrrole nitrogens is 2. The van der Waals surface area contributed by atoms with Gasteiger partial charge in [0.2, 0.25) is 0 Å². The predicted octanol–water partition coefficient (Wildman–Crippen LogP) is 2.06. The Morgan fingerprint density at radius 1 is 1.19 bits per heavy atom. The Hall–Kier alpha value is -2.21. The minimum atomic E-state index is 0.447. The van der Waals surface area contributed by atoms with Crippen LogP contribution in [0, 0.1) is 0 Å². The molecule has 0 amide bonds. The summed E-state index contributed by atoms with van der Waals surface area (Å²) in [5.41, 5.74) is 2.60. The average molecular weight is 282 g/mol. The van der Waals surface area contributed by atoms with E-state index in [1.54, 1.807) is 0 Å². The summed E-state index contributed by atoms with van der Waals surface area (Å²) in [6, 6.07) is 8.48. The molecule has 0 spiro atoms. The molecular weight excluding hydrogens is 264 g/mol. The van der Waals surface area contributed by atoms with Crippen molar-refractivity contribution < 1.29 is 0 Å². The molecule has 1 saturated heterocycles. The number of hydrogen-bond donors (Lipinski definition) is 2. The highest BCUT2D eigenvalue weighted by Gasteiger charge is 2.23. The Bertz CT molecular complexity index is 709. The minimum absolute atomic E-state index is 0.447. The quantitative estimate of drug-likeness (QED) is 0.771. The first-order valence-corrected chi connectivity index (χ1v) is 7.41. The van der Waals surface area contributed by atoms with Crippen LogP contribution in [0.2, 0.25) is 0 Å². The molecule has 108 valence electrons. The molecule has 6 nitrogen and oxygen atoms in total. The van der Waals surface area contributed by atoms with Crippen LogP contribution in [0.4, 0.5) is 0 Å². The summed E-state index contributed by atoms with van der Waals surface area (Å²) in [5, 5.41) is 15.8. The number of aromatic nitrogens is 5. The largest absolute Gasteiger partial charge is 0.361 e. The van der Waals surface area contributed by atoms with Gasteiger partial charge in [-0.05, 0) is 37.6 Å². The van der Waals surface area contributed by atoms with Gasteiger partial charge in [0.05, 0.1) is 0 Å². The van der Waals surface area contributed by atoms with Crippen LogP contribution in [0.5, 0.6) is 0 Å². The second-order valence-electron chi connectivity index (χ2n) is 5.68. The molecule has 1 aliphatic rings. The lowest BCUT2D eigenvalue weighted by Crippen LogP contribution is -2.32. The van der Waals surface area contributed by atoms with Crippen molar-refractivity contribution in [3.05, 3.63) is 41.9 Å². The van der Waals surface area contributed by atoms with Crippen LogP contribution < -0.4 is 0 Å². The monoisotopic (exact) mass is 282 g/mol. The van der Waals surface area contributed by atoms with E-state index in [4.69, 9.17) is 0 Å². The normalized spacial score (nSPS) is 17.5. The van der Waals surface area contributed by atoms with Gasteiger partial charge in [0, 0.05) is 29.6 Å². The average Bonchev–Trinajstić information content (AvgIpc) is 3.19. The third-order valence-corrected chi connectivity index (χ3v) is 4.38. The summed E-state index contributed by atoms with van der Waals surface area (Å²) in [7, 11) is 0. The third-order valence-electron chi connectivity index (χ3n) is 4.38. The lowest BCUT2D eigenvalue weighted by Gasteiger charge is -2.30. The fourth-order valence-electron chi connectivity index (χ4n) is 3.20. The van der Waals surface area contributed by atoms with Crippen LogP contribution >= 0.6 is 0 Å². The zero-order valence-electron chi connectivity index (χ0n) is 11.8. The van der Waals surface area contributed by atoms with Gasteiger partial charge in [-0.15, -0.1) is 10.2 Å². The lowest BCUT2D eigenvalue weighted by atomic mass is 9.96. The zero-order chi connectivity index (χ0) is 14.1. The summed E-state index contributed by atoms with van der Waals surface area (Å²) in [5.74, 6) is 1.31. The van der Waals surface area contributed by atoms with E-state index in [0.29, 0.717) is 5.92 Å². The van der Waals surface area contributed by atoms with Gasteiger partial charge in [0.1, 0.15) is 0 Å². The maximum atomic E-state index is 4.11. The van der Waals surface area contributed by atoms with Crippen LogP contribution in [-0.2, 0) is 6.54 Å². The van der Waals surface area contributed by atoms with Crippen LogP contribution in [0.1, 0.15) is 30.1 Å². The Kier molecular flexibility index (Phi) is 3.16. The van der Waals surface area contributed by atoms with Crippen molar-refractivity contribution in [1.82, 2.24) is 30.5 Å². The SMILES string of the molecule is c1ccc2c(CN3CCC(c4nn[nH]n4)CC3)c[nH]c2c1. The molecule has 0 saturated carbocycles. The highest BCUT2D eigenvalue weighted by atomic mass is 15.5. The fraction of sp³-hybridized carbons (Fsp3) is 0.400. The molecule has 0 radical (unpaired) electrons. The maximum absolute atomic E-state index is 4.11. The van der Waals surface area contributed by atoms with Crippen molar-refractivity contribution in [3.63, 3.8) is 0 Å². The van der Waals surface area contributed by atoms with Crippen molar-refractivity contribution in [2.45, 2.75) is 25.3 Å². The molecule has 0 unspecified atom stereocenters. The number of likely N-dealkylation sites (tertiary alicyclic amines) is 1. The van der Waals surface area contributed by atoms with E-state index in [-0.39, 0.29) is 0 Å². The van der Waals surface area contributed by atoms with Crippen molar-refractivity contribution in [1.29, 1.82) is 0 Å². The summed E-state index contributed by atoms with van der Waals surface area (Å²) >= 11 is 0. The number of nitrogens with one attached hydrogen (secondary N) is 2. The third kappa shape index (κ3) is 2.42. The summed E-state index contributed by atoms with van der Waals surface area (Å²) in [6.45, 7) is 3.17. The molecule has 1 aromatic carbocycles. The highest BCUT2D eigenvalue weighted by molar-refractivity contribution is 5.82. The van der Waals surface area contributed by atoms with Crippen molar-refractivity contribution in [2.75, 3.05) is 13.1 Å². The van der Waals surface area contributed by atoms with E-state index in [9.17, 15) is 0 Å². The van der Waals surface area contributed by atoms with Crippen molar-refractivity contribution >= 4 is 10.9 Å². The first kappa shape index (κ1) is 12.5. The van der Waals surface area contributed by atoms with Gasteiger partial charge in [0.15, 0.2) is 5.82 Å². The number of para-hydroxylation sites is 1. The number of benzene rings is 1. The van der Waals surface area contributed by atoms with E-state index < -0.39 is 0 Å². The van der Waals surface area contributed by atoms with Gasteiger partial charge in [0.25, 0.3) is 0 Å². The van der Waals surface area contributed by atoms with Gasteiger partial charge < -0.3 is 4.98 Å². The van der Waals surface area contributed by atoms with E-state index in [1.165, 1.54) is 16.5 Å². The molecule has 2 aromatic heterocycles. The van der Waals surface area contributed by atoms with Gasteiger partial charge in [-0.25, -0.2) is 0 Å². The van der Waals surface area contributed by atoms with Crippen LogP contribution in [-0.4, -0.2) is 43.6 Å². The molecule has 1 aliphatic heterocycles. The smallest absolute Gasteiger partial charge is 0.177 e. The first-order chi connectivity index (χ1) is 10.4. The number of piperidine rings is 1. The highest BCUT2D eigenvalue weighted by Crippen LogP contribution is 2.27. The van der Waals surface area contributed by atoms with E-state index in [2.05, 4.69) is 61.0 Å². The number of tetrazole rings is 1. The molecule has 0 aliphatic carbocycles. The molecule has 3 heterocycles. The molecule has 2 N–H and O–H groups in total. The summed E-state index contributed by atoms with van der Waals surface area (Å²) < 4.78 is 0. The van der Waals surface area contributed by atoms with Gasteiger partial charge in [-0.1, -0.05) is 23.4 Å². The van der Waals surface area contributed by atoms with E-state index in [0.717, 1.165) is 38.3 Å². The minimum Gasteiger partial charge on any atom is -0.361 e. The van der Waals surface area contributed by atoms with Crippen molar-refractivity contribution in [3.8, 4) is 0 Å².